The molecule has 2 nitrogen and oxygen atoms in total. The van der Waals surface area contributed by atoms with E-state index in [1.54, 1.807) is 0 Å². The Labute approximate surface area is 87.7 Å². The van der Waals surface area contributed by atoms with Crippen LogP contribution in [-0.4, -0.2) is 24.4 Å². The lowest BCUT2D eigenvalue weighted by atomic mass is 9.92. The van der Waals surface area contributed by atoms with E-state index < -0.39 is 0 Å². The van der Waals surface area contributed by atoms with Gasteiger partial charge in [-0.1, -0.05) is 32.6 Å². The highest BCUT2D eigenvalue weighted by atomic mass is 16.5. The van der Waals surface area contributed by atoms with Crippen molar-refractivity contribution in [1.82, 2.24) is 0 Å². The zero-order valence-electron chi connectivity index (χ0n) is 9.37. The fraction of sp³-hybridized carbons (Fsp3) is 1.00. The quantitative estimate of drug-likeness (QED) is 0.668. The summed E-state index contributed by atoms with van der Waals surface area (Å²) in [6.45, 7) is 3.87. The smallest absolute Gasteiger partial charge is 0.0590 e. The first kappa shape index (κ1) is 12.0. The van der Waals surface area contributed by atoms with Crippen LogP contribution in [0.1, 0.15) is 51.9 Å². The highest BCUT2D eigenvalue weighted by molar-refractivity contribution is 4.71. The molecule has 0 aliphatic carbocycles. The largest absolute Gasteiger partial charge is 0.393 e. The van der Waals surface area contributed by atoms with Crippen LogP contribution in [0.5, 0.6) is 0 Å². The number of aliphatic hydroxyl groups is 1. The highest BCUT2D eigenvalue weighted by Crippen LogP contribution is 2.21. The Morgan fingerprint density at radius 1 is 1.36 bits per heavy atom. The molecule has 0 radical (unpaired) electrons. The van der Waals surface area contributed by atoms with E-state index in [-0.39, 0.29) is 6.10 Å². The lowest BCUT2D eigenvalue weighted by molar-refractivity contribution is -0.0126. The molecule has 84 valence electrons. The average Bonchev–Trinajstić information content (AvgIpc) is 2.25. The van der Waals surface area contributed by atoms with Gasteiger partial charge in [-0.2, -0.15) is 0 Å². The first-order valence-corrected chi connectivity index (χ1v) is 6.10. The number of aliphatic hydroxyl groups excluding tert-OH is 1. The molecule has 0 aromatic heterocycles. The summed E-state index contributed by atoms with van der Waals surface area (Å²) in [4.78, 5) is 0. The van der Waals surface area contributed by atoms with Crippen LogP contribution < -0.4 is 0 Å². The van der Waals surface area contributed by atoms with E-state index in [1.807, 2.05) is 0 Å². The third-order valence-corrected chi connectivity index (χ3v) is 3.09. The topological polar surface area (TPSA) is 29.5 Å². The van der Waals surface area contributed by atoms with Crippen molar-refractivity contribution in [1.29, 1.82) is 0 Å². The molecule has 1 rings (SSSR count). The van der Waals surface area contributed by atoms with Gasteiger partial charge in [0.1, 0.15) is 0 Å². The second-order valence-corrected chi connectivity index (χ2v) is 4.39. The second kappa shape index (κ2) is 7.24. The Kier molecular flexibility index (Phi) is 6.20. The summed E-state index contributed by atoms with van der Waals surface area (Å²) >= 11 is 0. The van der Waals surface area contributed by atoms with E-state index in [9.17, 15) is 5.11 Å². The molecule has 2 atom stereocenters. The SMILES string of the molecule is CCCCCCC(O)C1CCCOC1. The first-order chi connectivity index (χ1) is 6.84. The maximum absolute atomic E-state index is 9.89. The van der Waals surface area contributed by atoms with Crippen molar-refractivity contribution in [3.63, 3.8) is 0 Å². The van der Waals surface area contributed by atoms with Crippen molar-refractivity contribution in [2.24, 2.45) is 5.92 Å². The Balaban J connectivity index is 2.04. The van der Waals surface area contributed by atoms with Crippen molar-refractivity contribution in [2.75, 3.05) is 13.2 Å². The summed E-state index contributed by atoms with van der Waals surface area (Å²) in [6.07, 6.45) is 8.12. The first-order valence-electron chi connectivity index (χ1n) is 6.10. The maximum Gasteiger partial charge on any atom is 0.0590 e. The number of hydrogen-bond donors (Lipinski definition) is 1. The number of hydrogen-bond acceptors (Lipinski definition) is 2. The molecule has 14 heavy (non-hydrogen) atoms. The average molecular weight is 200 g/mol. The molecule has 1 saturated heterocycles. The third kappa shape index (κ3) is 4.43. The minimum atomic E-state index is -0.118. The molecule has 1 heterocycles. The van der Waals surface area contributed by atoms with Crippen LogP contribution in [0.2, 0.25) is 0 Å². The lowest BCUT2D eigenvalue weighted by Crippen LogP contribution is -2.28. The number of unbranched alkanes of at least 4 members (excludes halogenated alkanes) is 3. The van der Waals surface area contributed by atoms with Crippen molar-refractivity contribution >= 4 is 0 Å². The molecule has 0 amide bonds. The molecule has 1 fully saturated rings. The van der Waals surface area contributed by atoms with Crippen LogP contribution >= 0.6 is 0 Å². The summed E-state index contributed by atoms with van der Waals surface area (Å²) in [7, 11) is 0. The molecule has 0 bridgehead atoms. The normalized spacial score (nSPS) is 24.9. The molecule has 0 saturated carbocycles. The molecule has 1 aliphatic rings. The van der Waals surface area contributed by atoms with Crippen LogP contribution in [0, 0.1) is 5.92 Å². The molecular weight excluding hydrogens is 176 g/mol. The van der Waals surface area contributed by atoms with Crippen molar-refractivity contribution < 1.29 is 9.84 Å². The van der Waals surface area contributed by atoms with E-state index >= 15 is 0 Å². The van der Waals surface area contributed by atoms with Gasteiger partial charge in [0.05, 0.1) is 12.7 Å². The van der Waals surface area contributed by atoms with Crippen molar-refractivity contribution in [2.45, 2.75) is 58.0 Å². The van der Waals surface area contributed by atoms with Gasteiger partial charge in [0.2, 0.25) is 0 Å². The van der Waals surface area contributed by atoms with Gasteiger partial charge in [0, 0.05) is 12.5 Å². The Hall–Kier alpha value is -0.0800. The number of ether oxygens (including phenoxy) is 1. The van der Waals surface area contributed by atoms with Gasteiger partial charge in [-0.15, -0.1) is 0 Å². The summed E-state index contributed by atoms with van der Waals surface area (Å²) in [5, 5.41) is 9.89. The summed E-state index contributed by atoms with van der Waals surface area (Å²) < 4.78 is 5.37. The Bertz CT molecular complexity index is 130. The van der Waals surface area contributed by atoms with Gasteiger partial charge in [-0.3, -0.25) is 0 Å². The van der Waals surface area contributed by atoms with Gasteiger partial charge < -0.3 is 9.84 Å². The highest BCUT2D eigenvalue weighted by Gasteiger charge is 2.21. The van der Waals surface area contributed by atoms with Crippen LogP contribution in [0.4, 0.5) is 0 Å². The van der Waals surface area contributed by atoms with E-state index in [0.717, 1.165) is 32.5 Å². The third-order valence-electron chi connectivity index (χ3n) is 3.09. The van der Waals surface area contributed by atoms with Crippen LogP contribution in [-0.2, 0) is 4.74 Å². The zero-order chi connectivity index (χ0) is 10.2. The Morgan fingerprint density at radius 2 is 2.21 bits per heavy atom. The fourth-order valence-electron chi connectivity index (χ4n) is 2.09. The summed E-state index contributed by atoms with van der Waals surface area (Å²) in [5.41, 5.74) is 0. The van der Waals surface area contributed by atoms with Crippen molar-refractivity contribution in [3.8, 4) is 0 Å². The van der Waals surface area contributed by atoms with E-state index in [0.29, 0.717) is 5.92 Å². The lowest BCUT2D eigenvalue weighted by Gasteiger charge is -2.26. The monoisotopic (exact) mass is 200 g/mol. The molecule has 0 spiro atoms. The zero-order valence-corrected chi connectivity index (χ0v) is 9.37. The van der Waals surface area contributed by atoms with E-state index in [1.165, 1.54) is 25.7 Å². The maximum atomic E-state index is 9.89. The molecule has 0 aromatic carbocycles. The van der Waals surface area contributed by atoms with E-state index in [2.05, 4.69) is 6.92 Å². The standard InChI is InChI=1S/C12H24O2/c1-2-3-4-5-8-12(13)11-7-6-9-14-10-11/h11-13H,2-10H2,1H3. The second-order valence-electron chi connectivity index (χ2n) is 4.39. The predicted octanol–water partition coefficient (Wildman–Crippen LogP) is 2.74. The molecule has 1 N–H and O–H groups in total. The molecular formula is C12H24O2. The van der Waals surface area contributed by atoms with Crippen molar-refractivity contribution in [3.05, 3.63) is 0 Å². The van der Waals surface area contributed by atoms with Crippen LogP contribution in [0.3, 0.4) is 0 Å². The van der Waals surface area contributed by atoms with E-state index in [4.69, 9.17) is 4.74 Å². The summed E-state index contributed by atoms with van der Waals surface area (Å²) in [5.74, 6) is 0.408. The molecule has 2 unspecified atom stereocenters. The molecule has 0 aromatic rings. The summed E-state index contributed by atoms with van der Waals surface area (Å²) in [6, 6.07) is 0. The minimum Gasteiger partial charge on any atom is -0.393 e. The van der Waals surface area contributed by atoms with Gasteiger partial charge in [0.15, 0.2) is 0 Å². The van der Waals surface area contributed by atoms with Crippen LogP contribution in [0.25, 0.3) is 0 Å². The van der Waals surface area contributed by atoms with Gasteiger partial charge in [-0.25, -0.2) is 0 Å². The van der Waals surface area contributed by atoms with Crippen LogP contribution in [0.15, 0.2) is 0 Å². The van der Waals surface area contributed by atoms with Gasteiger partial charge in [-0.05, 0) is 19.3 Å². The fourth-order valence-corrected chi connectivity index (χ4v) is 2.09. The predicted molar refractivity (Wildman–Crippen MR) is 58.3 cm³/mol. The molecule has 1 aliphatic heterocycles. The van der Waals surface area contributed by atoms with Gasteiger partial charge >= 0.3 is 0 Å². The molecule has 2 heteroatoms. The van der Waals surface area contributed by atoms with Gasteiger partial charge in [0.25, 0.3) is 0 Å². The Morgan fingerprint density at radius 3 is 2.86 bits per heavy atom. The number of rotatable bonds is 6. The minimum absolute atomic E-state index is 0.118.